The highest BCUT2D eigenvalue weighted by atomic mass is 19.4. The maximum absolute atomic E-state index is 12.1. The lowest BCUT2D eigenvalue weighted by molar-refractivity contribution is -0.173. The summed E-state index contributed by atoms with van der Waals surface area (Å²) in [5.41, 5.74) is 4.94. The molecule has 0 fully saturated rings. The van der Waals surface area contributed by atoms with Gasteiger partial charge in [0.15, 0.2) is 0 Å². The average Bonchev–Trinajstić information content (AvgIpc) is 2.51. The number of alkyl halides is 3. The number of hydrazine groups is 1. The van der Waals surface area contributed by atoms with E-state index in [1.54, 1.807) is 23.6 Å². The fraction of sp³-hybridized carbons (Fsp3) is 0.133. The number of nitrogens with one attached hydrogen (secondary N) is 2. The Kier molecular flexibility index (Phi) is 4.88. The summed E-state index contributed by atoms with van der Waals surface area (Å²) < 4.78 is 42.0. The molecule has 0 aromatic heterocycles. The van der Waals surface area contributed by atoms with E-state index in [-0.39, 0.29) is 12.3 Å². The molecule has 2 rings (SSSR count). The Labute approximate surface area is 124 Å². The van der Waals surface area contributed by atoms with Crippen molar-refractivity contribution in [1.82, 2.24) is 5.43 Å². The molecule has 0 aliphatic heterocycles. The molecule has 0 saturated heterocycles. The minimum atomic E-state index is -4.95. The molecule has 0 bridgehead atoms. The second-order valence-electron chi connectivity index (χ2n) is 4.35. The first-order valence-corrected chi connectivity index (χ1v) is 6.36. The zero-order chi connectivity index (χ0) is 16.0. The number of carbonyl (C=O) groups is 1. The molecule has 0 spiro atoms. The van der Waals surface area contributed by atoms with Crippen LogP contribution in [0.2, 0.25) is 0 Å². The summed E-state index contributed by atoms with van der Waals surface area (Å²) in [6.45, 7) is 0.257. The third-order valence-electron chi connectivity index (χ3n) is 2.69. The Hall–Kier alpha value is -2.70. The van der Waals surface area contributed by atoms with Crippen molar-refractivity contribution < 1.29 is 22.7 Å². The average molecular weight is 310 g/mol. The largest absolute Gasteiger partial charge is 0.487 e. The molecule has 2 aromatic rings. The van der Waals surface area contributed by atoms with E-state index in [0.29, 0.717) is 5.75 Å². The minimum absolute atomic E-state index is 0.232. The van der Waals surface area contributed by atoms with Crippen LogP contribution in [0.3, 0.4) is 0 Å². The van der Waals surface area contributed by atoms with Gasteiger partial charge in [-0.3, -0.25) is 15.6 Å². The van der Waals surface area contributed by atoms with Gasteiger partial charge in [0.25, 0.3) is 0 Å². The molecule has 2 aromatic carbocycles. The van der Waals surface area contributed by atoms with Crippen LogP contribution in [0, 0.1) is 0 Å². The molecule has 0 unspecified atom stereocenters. The van der Waals surface area contributed by atoms with Gasteiger partial charge >= 0.3 is 12.1 Å². The zero-order valence-electron chi connectivity index (χ0n) is 11.4. The molecule has 0 aliphatic rings. The Morgan fingerprint density at radius 3 is 2.32 bits per heavy atom. The SMILES string of the molecule is O=C(NNc1ccccc1OCc1ccccc1)C(F)(F)F. The fourth-order valence-electron chi connectivity index (χ4n) is 1.63. The van der Waals surface area contributed by atoms with Crippen LogP contribution in [0.1, 0.15) is 5.56 Å². The number of hydrogen-bond donors (Lipinski definition) is 2. The highest BCUT2D eigenvalue weighted by molar-refractivity contribution is 5.83. The molecular formula is C15H13F3N2O2. The van der Waals surface area contributed by atoms with Crippen molar-refractivity contribution in [2.75, 3.05) is 5.43 Å². The van der Waals surface area contributed by atoms with Crippen LogP contribution in [0.25, 0.3) is 0 Å². The maximum Gasteiger partial charge on any atom is 0.472 e. The van der Waals surface area contributed by atoms with E-state index in [9.17, 15) is 18.0 Å². The highest BCUT2D eigenvalue weighted by Crippen LogP contribution is 2.24. The molecule has 0 saturated carbocycles. The van der Waals surface area contributed by atoms with Crippen LogP contribution in [-0.2, 0) is 11.4 Å². The van der Waals surface area contributed by atoms with Crippen molar-refractivity contribution in [2.24, 2.45) is 0 Å². The predicted molar refractivity (Wildman–Crippen MR) is 75.0 cm³/mol. The Morgan fingerprint density at radius 1 is 1.00 bits per heavy atom. The number of amides is 1. The number of anilines is 1. The molecule has 7 heteroatoms. The van der Waals surface area contributed by atoms with Gasteiger partial charge in [0.1, 0.15) is 12.4 Å². The summed E-state index contributed by atoms with van der Waals surface area (Å²) in [5, 5.41) is 0. The lowest BCUT2D eigenvalue weighted by Gasteiger charge is -2.14. The van der Waals surface area contributed by atoms with Crippen LogP contribution in [-0.4, -0.2) is 12.1 Å². The molecule has 0 aliphatic carbocycles. The molecule has 4 nitrogen and oxygen atoms in total. The summed E-state index contributed by atoms with van der Waals surface area (Å²) in [7, 11) is 0. The van der Waals surface area contributed by atoms with Crippen molar-refractivity contribution in [3.63, 3.8) is 0 Å². The Morgan fingerprint density at radius 2 is 1.64 bits per heavy atom. The first kappa shape index (κ1) is 15.7. The van der Waals surface area contributed by atoms with Gasteiger partial charge in [0.2, 0.25) is 0 Å². The summed E-state index contributed by atoms with van der Waals surface area (Å²) in [6, 6.07) is 15.7. The van der Waals surface area contributed by atoms with Gasteiger partial charge in [0.05, 0.1) is 5.69 Å². The van der Waals surface area contributed by atoms with E-state index in [2.05, 4.69) is 5.43 Å². The summed E-state index contributed by atoms with van der Waals surface area (Å²) in [4.78, 5) is 10.8. The van der Waals surface area contributed by atoms with E-state index in [0.717, 1.165) is 5.56 Å². The number of halogens is 3. The molecule has 2 N–H and O–H groups in total. The van der Waals surface area contributed by atoms with Gasteiger partial charge < -0.3 is 4.74 Å². The monoisotopic (exact) mass is 310 g/mol. The van der Waals surface area contributed by atoms with Gasteiger partial charge in [-0.1, -0.05) is 42.5 Å². The van der Waals surface area contributed by atoms with Crippen LogP contribution in [0.4, 0.5) is 18.9 Å². The number of para-hydroxylation sites is 2. The lowest BCUT2D eigenvalue weighted by atomic mass is 10.2. The normalized spacial score (nSPS) is 10.9. The minimum Gasteiger partial charge on any atom is -0.487 e. The summed E-state index contributed by atoms with van der Waals surface area (Å²) in [5.74, 6) is -1.75. The third-order valence-corrected chi connectivity index (χ3v) is 2.69. The highest BCUT2D eigenvalue weighted by Gasteiger charge is 2.38. The molecule has 0 atom stereocenters. The topological polar surface area (TPSA) is 50.4 Å². The molecule has 0 radical (unpaired) electrons. The smallest absolute Gasteiger partial charge is 0.472 e. The summed E-state index contributed by atoms with van der Waals surface area (Å²) >= 11 is 0. The van der Waals surface area contributed by atoms with Crippen LogP contribution in [0.5, 0.6) is 5.75 Å². The van der Waals surface area contributed by atoms with Crippen molar-refractivity contribution in [2.45, 2.75) is 12.8 Å². The molecule has 116 valence electrons. The van der Waals surface area contributed by atoms with E-state index in [4.69, 9.17) is 4.74 Å². The van der Waals surface area contributed by atoms with Crippen molar-refractivity contribution in [1.29, 1.82) is 0 Å². The molecule has 1 amide bonds. The van der Waals surface area contributed by atoms with E-state index >= 15 is 0 Å². The zero-order valence-corrected chi connectivity index (χ0v) is 11.4. The Balaban J connectivity index is 1.99. The second-order valence-corrected chi connectivity index (χ2v) is 4.35. The van der Waals surface area contributed by atoms with Crippen LogP contribution < -0.4 is 15.6 Å². The standard InChI is InChI=1S/C15H13F3N2O2/c16-15(17,18)14(21)20-19-12-8-4-5-9-13(12)22-10-11-6-2-1-3-7-11/h1-9,19H,10H2,(H,20,21). The number of carbonyl (C=O) groups excluding carboxylic acids is 1. The lowest BCUT2D eigenvalue weighted by Crippen LogP contribution is -2.40. The predicted octanol–water partition coefficient (Wildman–Crippen LogP) is 3.27. The van der Waals surface area contributed by atoms with Crippen molar-refractivity contribution in [3.05, 3.63) is 60.2 Å². The van der Waals surface area contributed by atoms with Gasteiger partial charge in [0, 0.05) is 0 Å². The van der Waals surface area contributed by atoms with Crippen LogP contribution in [0.15, 0.2) is 54.6 Å². The third kappa shape index (κ3) is 4.41. The van der Waals surface area contributed by atoms with E-state index in [1.807, 2.05) is 30.3 Å². The fourth-order valence-corrected chi connectivity index (χ4v) is 1.63. The molecular weight excluding hydrogens is 297 g/mol. The first-order chi connectivity index (χ1) is 10.5. The van der Waals surface area contributed by atoms with E-state index < -0.39 is 12.1 Å². The van der Waals surface area contributed by atoms with Gasteiger partial charge in [-0.05, 0) is 17.7 Å². The van der Waals surface area contributed by atoms with Gasteiger partial charge in [-0.2, -0.15) is 13.2 Å². The molecule has 22 heavy (non-hydrogen) atoms. The second kappa shape index (κ2) is 6.84. The first-order valence-electron chi connectivity index (χ1n) is 6.36. The van der Waals surface area contributed by atoms with E-state index in [1.165, 1.54) is 6.07 Å². The summed E-state index contributed by atoms with van der Waals surface area (Å²) in [6.07, 6.45) is -4.95. The number of benzene rings is 2. The van der Waals surface area contributed by atoms with Gasteiger partial charge in [-0.25, -0.2) is 0 Å². The Bertz CT molecular complexity index is 630. The van der Waals surface area contributed by atoms with Crippen LogP contribution >= 0.6 is 0 Å². The number of hydrogen-bond acceptors (Lipinski definition) is 3. The molecule has 0 heterocycles. The number of ether oxygens (including phenoxy) is 1. The maximum atomic E-state index is 12.1. The van der Waals surface area contributed by atoms with Crippen molar-refractivity contribution in [3.8, 4) is 5.75 Å². The van der Waals surface area contributed by atoms with Crippen molar-refractivity contribution >= 4 is 11.6 Å². The number of rotatable bonds is 5. The quantitative estimate of drug-likeness (QED) is 0.833. The van der Waals surface area contributed by atoms with Gasteiger partial charge in [-0.15, -0.1) is 0 Å².